The number of anilines is 2. The quantitative estimate of drug-likeness (QED) is 0.498. The predicted molar refractivity (Wildman–Crippen MR) is 123 cm³/mol. The molecule has 0 fully saturated rings. The zero-order valence-corrected chi connectivity index (χ0v) is 19.1. The molecule has 0 spiro atoms. The summed E-state index contributed by atoms with van der Waals surface area (Å²) in [6.45, 7) is 4.86. The molecule has 1 atom stereocenters. The number of hydrogen-bond donors (Lipinski definition) is 2. The largest absolute Gasteiger partial charge is 0.449 e. The minimum absolute atomic E-state index is 0.0429. The van der Waals surface area contributed by atoms with Gasteiger partial charge in [0.1, 0.15) is 5.82 Å². The molecule has 0 aliphatic rings. The van der Waals surface area contributed by atoms with Crippen LogP contribution in [0.4, 0.5) is 15.8 Å². The van der Waals surface area contributed by atoms with E-state index in [1.54, 1.807) is 25.1 Å². The van der Waals surface area contributed by atoms with Crippen molar-refractivity contribution in [3.05, 3.63) is 89.2 Å². The summed E-state index contributed by atoms with van der Waals surface area (Å²) < 4.78 is 46.4. The Bertz CT molecular complexity index is 1310. The van der Waals surface area contributed by atoms with Gasteiger partial charge in [0.05, 0.1) is 10.5 Å². The van der Waals surface area contributed by atoms with Crippen LogP contribution in [0.15, 0.2) is 71.6 Å². The molecule has 2 N–H and O–H groups in total. The molecule has 3 aromatic rings. The van der Waals surface area contributed by atoms with Gasteiger partial charge >= 0.3 is 5.97 Å². The average Bonchev–Trinajstić information content (AvgIpc) is 2.75. The molecule has 0 heterocycles. The molecule has 0 aromatic heterocycles. The van der Waals surface area contributed by atoms with Crippen LogP contribution < -0.4 is 10.0 Å². The lowest BCUT2D eigenvalue weighted by Crippen LogP contribution is -2.30. The fraction of sp³-hybridized carbons (Fsp3) is 0.167. The number of nitrogens with one attached hydrogen (secondary N) is 2. The van der Waals surface area contributed by atoms with E-state index in [0.717, 1.165) is 11.6 Å². The molecule has 0 saturated heterocycles. The molecule has 7 nitrogen and oxygen atoms in total. The highest BCUT2D eigenvalue weighted by Crippen LogP contribution is 2.21. The maximum absolute atomic E-state index is 13.5. The Labute approximate surface area is 191 Å². The summed E-state index contributed by atoms with van der Waals surface area (Å²) >= 11 is 0. The first-order valence-corrected chi connectivity index (χ1v) is 11.5. The number of rotatable bonds is 7. The standard InChI is InChI=1S/C24H23FN2O5S/c1-15-6-4-8-20(12-15)26-23(28)17(3)32-24(29)18-7-5-9-21(13-18)27-33(30,31)22-14-19(25)11-10-16(22)2/h4-14,17,27H,1-3H3,(H,26,28)/t17-/m1/s1. The maximum Gasteiger partial charge on any atom is 0.338 e. The van der Waals surface area contributed by atoms with Crippen LogP contribution >= 0.6 is 0 Å². The summed E-state index contributed by atoms with van der Waals surface area (Å²) in [5.74, 6) is -1.99. The van der Waals surface area contributed by atoms with Crippen LogP contribution in [0.3, 0.4) is 0 Å². The molecular formula is C24H23FN2O5S. The van der Waals surface area contributed by atoms with E-state index in [1.807, 2.05) is 13.0 Å². The molecule has 33 heavy (non-hydrogen) atoms. The van der Waals surface area contributed by atoms with E-state index < -0.39 is 33.8 Å². The number of esters is 1. The van der Waals surface area contributed by atoms with Gasteiger partial charge in [-0.05, 0) is 74.4 Å². The Kier molecular flexibility index (Phi) is 7.13. The Hall–Kier alpha value is -3.72. The van der Waals surface area contributed by atoms with Gasteiger partial charge in [-0.3, -0.25) is 9.52 Å². The number of carbonyl (C=O) groups excluding carboxylic acids is 2. The van der Waals surface area contributed by atoms with E-state index >= 15 is 0 Å². The van der Waals surface area contributed by atoms with Crippen LogP contribution in [-0.4, -0.2) is 26.4 Å². The summed E-state index contributed by atoms with van der Waals surface area (Å²) in [7, 11) is -4.09. The zero-order chi connectivity index (χ0) is 24.2. The van der Waals surface area contributed by atoms with Crippen LogP contribution in [0, 0.1) is 19.7 Å². The third kappa shape index (κ3) is 6.17. The molecule has 0 radical (unpaired) electrons. The third-order valence-electron chi connectivity index (χ3n) is 4.73. The normalized spacial score (nSPS) is 12.0. The number of amides is 1. The second-order valence-corrected chi connectivity index (χ2v) is 9.15. The highest BCUT2D eigenvalue weighted by molar-refractivity contribution is 7.92. The van der Waals surface area contributed by atoms with Gasteiger partial charge in [-0.1, -0.05) is 24.3 Å². The molecule has 3 rings (SSSR count). The number of benzene rings is 3. The van der Waals surface area contributed by atoms with Crippen molar-refractivity contribution >= 4 is 33.3 Å². The Morgan fingerprint density at radius 3 is 2.36 bits per heavy atom. The second kappa shape index (κ2) is 9.83. The van der Waals surface area contributed by atoms with Gasteiger partial charge in [0.2, 0.25) is 0 Å². The maximum atomic E-state index is 13.5. The lowest BCUT2D eigenvalue weighted by atomic mass is 10.2. The first-order valence-electron chi connectivity index (χ1n) is 10.0. The highest BCUT2D eigenvalue weighted by Gasteiger charge is 2.21. The van der Waals surface area contributed by atoms with E-state index in [0.29, 0.717) is 11.3 Å². The number of carbonyl (C=O) groups is 2. The van der Waals surface area contributed by atoms with Crippen molar-refractivity contribution in [2.45, 2.75) is 31.8 Å². The molecule has 9 heteroatoms. The first kappa shape index (κ1) is 23.9. The fourth-order valence-electron chi connectivity index (χ4n) is 3.03. The number of aryl methyl sites for hydroxylation is 2. The minimum atomic E-state index is -4.09. The molecule has 172 valence electrons. The van der Waals surface area contributed by atoms with Crippen molar-refractivity contribution in [1.82, 2.24) is 0 Å². The van der Waals surface area contributed by atoms with Crippen molar-refractivity contribution in [2.75, 3.05) is 10.0 Å². The average molecular weight is 471 g/mol. The van der Waals surface area contributed by atoms with Gasteiger partial charge in [0.25, 0.3) is 15.9 Å². The third-order valence-corrected chi connectivity index (χ3v) is 6.25. The number of hydrogen-bond acceptors (Lipinski definition) is 5. The number of halogens is 1. The molecule has 3 aromatic carbocycles. The SMILES string of the molecule is Cc1cccc(NC(=O)[C@@H](C)OC(=O)c2cccc(NS(=O)(=O)c3cc(F)ccc3C)c2)c1. The van der Waals surface area contributed by atoms with E-state index in [1.165, 1.54) is 43.3 Å². The molecule has 0 aliphatic heterocycles. The van der Waals surface area contributed by atoms with Crippen molar-refractivity contribution < 1.29 is 27.1 Å². The number of ether oxygens (including phenoxy) is 1. The summed E-state index contributed by atoms with van der Waals surface area (Å²) in [5, 5.41) is 2.67. The Balaban J connectivity index is 1.70. The topological polar surface area (TPSA) is 102 Å². The molecular weight excluding hydrogens is 447 g/mol. The monoisotopic (exact) mass is 470 g/mol. The molecule has 0 saturated carbocycles. The van der Waals surface area contributed by atoms with Crippen LogP contribution in [-0.2, 0) is 19.6 Å². The molecule has 0 unspecified atom stereocenters. The molecule has 1 amide bonds. The second-order valence-electron chi connectivity index (χ2n) is 7.50. The van der Waals surface area contributed by atoms with E-state index in [-0.39, 0.29) is 16.1 Å². The van der Waals surface area contributed by atoms with Crippen molar-refractivity contribution in [2.24, 2.45) is 0 Å². The van der Waals surface area contributed by atoms with Crippen molar-refractivity contribution in [3.8, 4) is 0 Å². The lowest BCUT2D eigenvalue weighted by Gasteiger charge is -2.15. The van der Waals surface area contributed by atoms with E-state index in [2.05, 4.69) is 10.0 Å². The summed E-state index contributed by atoms with van der Waals surface area (Å²) in [6, 6.07) is 16.2. The van der Waals surface area contributed by atoms with Crippen molar-refractivity contribution in [3.63, 3.8) is 0 Å². The van der Waals surface area contributed by atoms with Crippen LogP contribution in [0.5, 0.6) is 0 Å². The zero-order valence-electron chi connectivity index (χ0n) is 18.3. The lowest BCUT2D eigenvalue weighted by molar-refractivity contribution is -0.123. The highest BCUT2D eigenvalue weighted by atomic mass is 32.2. The van der Waals surface area contributed by atoms with Gasteiger partial charge in [0, 0.05) is 11.4 Å². The van der Waals surface area contributed by atoms with Gasteiger partial charge in [-0.15, -0.1) is 0 Å². The van der Waals surface area contributed by atoms with Crippen molar-refractivity contribution in [1.29, 1.82) is 0 Å². The predicted octanol–water partition coefficient (Wildman–Crippen LogP) is 4.43. The summed E-state index contributed by atoms with van der Waals surface area (Å²) in [6.07, 6.45) is -1.09. The van der Waals surface area contributed by atoms with Gasteiger partial charge in [-0.25, -0.2) is 17.6 Å². The fourth-order valence-corrected chi connectivity index (χ4v) is 4.34. The van der Waals surface area contributed by atoms with Gasteiger partial charge in [0.15, 0.2) is 6.10 Å². The smallest absolute Gasteiger partial charge is 0.338 e. The van der Waals surface area contributed by atoms with E-state index in [9.17, 15) is 22.4 Å². The molecule has 0 bridgehead atoms. The first-order chi connectivity index (χ1) is 15.5. The Morgan fingerprint density at radius 1 is 0.939 bits per heavy atom. The van der Waals surface area contributed by atoms with Crippen LogP contribution in [0.1, 0.15) is 28.4 Å². The summed E-state index contributed by atoms with van der Waals surface area (Å²) in [4.78, 5) is 24.7. The summed E-state index contributed by atoms with van der Waals surface area (Å²) in [5.41, 5.74) is 2.04. The van der Waals surface area contributed by atoms with Crippen LogP contribution in [0.2, 0.25) is 0 Å². The van der Waals surface area contributed by atoms with Crippen LogP contribution in [0.25, 0.3) is 0 Å². The number of sulfonamides is 1. The Morgan fingerprint density at radius 2 is 1.64 bits per heavy atom. The van der Waals surface area contributed by atoms with Gasteiger partial charge < -0.3 is 10.1 Å². The minimum Gasteiger partial charge on any atom is -0.449 e. The van der Waals surface area contributed by atoms with Gasteiger partial charge in [-0.2, -0.15) is 0 Å². The molecule has 0 aliphatic carbocycles. The van der Waals surface area contributed by atoms with E-state index in [4.69, 9.17) is 4.74 Å².